The lowest BCUT2D eigenvalue weighted by atomic mass is 9.99. The molecule has 0 radical (unpaired) electrons. The van der Waals surface area contributed by atoms with Crippen LogP contribution in [0.2, 0.25) is 0 Å². The van der Waals surface area contributed by atoms with Crippen LogP contribution in [-0.2, 0) is 42.3 Å². The number of unbranched alkanes of at least 4 members (excludes halogenated alkanes) is 2. The SMILES string of the molecule is COc1cc2c(cc1OCCCC(=O)Nc1cc(C(=O)Nc3ccc(NC(=O)OCc4ccc(O[C@@H]5O[C@H](CO)[C@H](O)[C@H](O)[C@H]5O)c(NC(=O)CCCCCN5C(=O)C=CC5=O)c4)cc3)n(C)c1)N=C[C@@H]1CCCCN1C2=O. The van der Waals surface area contributed by atoms with E-state index < -0.39 is 67.0 Å². The molecule has 414 valence electrons. The van der Waals surface area contributed by atoms with Crippen LogP contribution >= 0.6 is 0 Å². The molecule has 1 aromatic heterocycles. The molecule has 2 fully saturated rings. The molecule has 0 spiro atoms. The van der Waals surface area contributed by atoms with Crippen molar-refractivity contribution in [3.8, 4) is 17.2 Å². The van der Waals surface area contributed by atoms with Gasteiger partial charge in [0.15, 0.2) is 11.5 Å². The van der Waals surface area contributed by atoms with Crippen LogP contribution in [0.4, 0.5) is 33.2 Å². The van der Waals surface area contributed by atoms with Crippen molar-refractivity contribution >= 4 is 76.2 Å². The fourth-order valence-corrected chi connectivity index (χ4v) is 9.17. The summed E-state index contributed by atoms with van der Waals surface area (Å²) < 4.78 is 29.9. The number of hydrogen-bond acceptors (Lipinski definition) is 17. The predicted octanol–water partition coefficient (Wildman–Crippen LogP) is 4.15. The second kappa shape index (κ2) is 25.8. The zero-order valence-corrected chi connectivity index (χ0v) is 42.9. The number of benzene rings is 3. The van der Waals surface area contributed by atoms with Gasteiger partial charge in [0.1, 0.15) is 42.5 Å². The summed E-state index contributed by atoms with van der Waals surface area (Å²) in [5, 5.41) is 51.7. The minimum absolute atomic E-state index is 0.0211. The smallest absolute Gasteiger partial charge is 0.411 e. The topological polar surface area (TPSA) is 318 Å². The highest BCUT2D eigenvalue weighted by atomic mass is 16.7. The maximum atomic E-state index is 13.3. The summed E-state index contributed by atoms with van der Waals surface area (Å²) in [6.45, 7) is 0.0904. The van der Waals surface area contributed by atoms with Gasteiger partial charge in [-0.05, 0) is 92.6 Å². The number of carbonyl (C=O) groups excluding carboxylic acids is 7. The molecule has 8 rings (SSSR count). The van der Waals surface area contributed by atoms with Gasteiger partial charge in [-0.3, -0.25) is 44.0 Å². The van der Waals surface area contributed by atoms with Crippen molar-refractivity contribution in [2.24, 2.45) is 12.0 Å². The Morgan fingerprint density at radius 3 is 2.24 bits per heavy atom. The number of anilines is 4. The van der Waals surface area contributed by atoms with Crippen molar-refractivity contribution in [3.63, 3.8) is 0 Å². The number of piperidine rings is 1. The maximum Gasteiger partial charge on any atom is 0.411 e. The molecule has 5 heterocycles. The van der Waals surface area contributed by atoms with Crippen LogP contribution in [0.25, 0.3) is 0 Å². The molecule has 2 saturated heterocycles. The minimum Gasteiger partial charge on any atom is -0.493 e. The Balaban J connectivity index is 0.793. The summed E-state index contributed by atoms with van der Waals surface area (Å²) in [5.41, 5.74) is 2.83. The first kappa shape index (κ1) is 56.1. The van der Waals surface area contributed by atoms with E-state index in [4.69, 9.17) is 23.7 Å². The van der Waals surface area contributed by atoms with Gasteiger partial charge >= 0.3 is 6.09 Å². The molecule has 7 amide bonds. The van der Waals surface area contributed by atoms with E-state index in [1.165, 1.54) is 43.5 Å². The highest BCUT2D eigenvalue weighted by Crippen LogP contribution is 2.38. The number of aliphatic hydroxyl groups is 4. The van der Waals surface area contributed by atoms with Crippen LogP contribution < -0.4 is 35.5 Å². The van der Waals surface area contributed by atoms with E-state index in [1.807, 2.05) is 11.1 Å². The summed E-state index contributed by atoms with van der Waals surface area (Å²) in [4.78, 5) is 96.9. The molecule has 8 N–H and O–H groups in total. The lowest BCUT2D eigenvalue weighted by Gasteiger charge is -2.39. The first-order chi connectivity index (χ1) is 37.6. The fourth-order valence-electron chi connectivity index (χ4n) is 9.17. The Bertz CT molecular complexity index is 2920. The highest BCUT2D eigenvalue weighted by molar-refractivity contribution is 6.13. The van der Waals surface area contributed by atoms with Crippen LogP contribution in [0.1, 0.15) is 84.2 Å². The van der Waals surface area contributed by atoms with Gasteiger partial charge in [-0.1, -0.05) is 12.5 Å². The van der Waals surface area contributed by atoms with Gasteiger partial charge in [0.2, 0.25) is 18.1 Å². The first-order valence-electron chi connectivity index (χ1n) is 25.5. The zero-order chi connectivity index (χ0) is 55.5. The van der Waals surface area contributed by atoms with Crippen molar-refractivity contribution in [2.75, 3.05) is 54.7 Å². The van der Waals surface area contributed by atoms with Gasteiger partial charge < -0.3 is 69.5 Å². The first-order valence-corrected chi connectivity index (χ1v) is 25.5. The summed E-state index contributed by atoms with van der Waals surface area (Å²) in [6.07, 6.45) is 1.82. The number of carbonyl (C=O) groups is 7. The molecule has 4 aliphatic heterocycles. The molecule has 6 atom stereocenters. The van der Waals surface area contributed by atoms with Crippen molar-refractivity contribution in [2.45, 2.75) is 101 Å². The molecular formula is C54H62N8O16. The number of aliphatic imine (C=N–C) groups is 1. The van der Waals surface area contributed by atoms with E-state index in [-0.39, 0.29) is 67.6 Å². The Morgan fingerprint density at radius 1 is 0.769 bits per heavy atom. The van der Waals surface area contributed by atoms with Gasteiger partial charge in [-0.25, -0.2) is 4.79 Å². The average Bonchev–Trinajstić information content (AvgIpc) is 3.96. The van der Waals surface area contributed by atoms with Crippen LogP contribution in [0.15, 0.2) is 84.0 Å². The Hall–Kier alpha value is -8.16. The zero-order valence-electron chi connectivity index (χ0n) is 42.9. The number of imide groups is 1. The molecule has 0 aliphatic carbocycles. The summed E-state index contributed by atoms with van der Waals surface area (Å²) >= 11 is 0. The van der Waals surface area contributed by atoms with E-state index in [2.05, 4.69) is 26.3 Å². The van der Waals surface area contributed by atoms with Gasteiger partial charge in [-0.2, -0.15) is 0 Å². The average molecular weight is 1080 g/mol. The predicted molar refractivity (Wildman–Crippen MR) is 281 cm³/mol. The fraction of sp³-hybridized carbons (Fsp3) is 0.407. The van der Waals surface area contributed by atoms with E-state index >= 15 is 0 Å². The Labute approximate surface area is 447 Å². The van der Waals surface area contributed by atoms with Gasteiger partial charge in [0.05, 0.1) is 49.0 Å². The number of nitrogens with zero attached hydrogens (tertiary/aromatic N) is 4. The summed E-state index contributed by atoms with van der Waals surface area (Å²) in [5.74, 6) is -1.30. The second-order valence-electron chi connectivity index (χ2n) is 19.0. The highest BCUT2D eigenvalue weighted by Gasteiger charge is 2.45. The van der Waals surface area contributed by atoms with Gasteiger partial charge in [0, 0.05) is 75.0 Å². The van der Waals surface area contributed by atoms with Crippen molar-refractivity contribution in [1.82, 2.24) is 14.4 Å². The van der Waals surface area contributed by atoms with Crippen molar-refractivity contribution < 1.29 is 77.7 Å². The van der Waals surface area contributed by atoms with Crippen LogP contribution in [0.5, 0.6) is 17.2 Å². The molecule has 4 aliphatic rings. The number of methoxy groups -OCH3 is 1. The number of fused-ring (bicyclic) bond motifs is 2. The van der Waals surface area contributed by atoms with E-state index in [9.17, 15) is 54.0 Å². The molecule has 0 unspecified atom stereocenters. The lowest BCUT2D eigenvalue weighted by Crippen LogP contribution is -2.60. The number of nitrogens with one attached hydrogen (secondary N) is 4. The lowest BCUT2D eigenvalue weighted by molar-refractivity contribution is -0.277. The molecule has 24 nitrogen and oxygen atoms in total. The number of aliphatic hydroxyl groups excluding tert-OH is 4. The quantitative estimate of drug-likeness (QED) is 0.0405. The molecule has 0 bridgehead atoms. The largest absolute Gasteiger partial charge is 0.493 e. The molecular weight excluding hydrogens is 1020 g/mol. The molecule has 24 heteroatoms. The minimum atomic E-state index is -1.74. The standard InChI is InChI=1S/C54H62N8O16/c1-60-28-34(56-44(64)11-8-22-75-42-26-37-36(25-41(42)74-2)52(72)61-20-7-5-9-35(61)27-55-37)24-39(60)51(71)57-32-13-15-33(16-14-32)58-54(73)76-30-31-12-17-40(77-53-50(70)49(69)48(68)43(29-63)78-53)38(23-31)59-45(65)10-4-3-6-21-62-46(66)18-19-47(62)67/h12-19,23-28,35,43,48-50,53,63,68-70H,3-11,20-22,29-30H2,1-2H3,(H,56,64)(H,57,71)(H,58,73)(H,59,65)/t35-,43+,48-,49-,50+,53+/m0/s1. The third-order valence-corrected chi connectivity index (χ3v) is 13.4. The van der Waals surface area contributed by atoms with Gasteiger partial charge in [-0.15, -0.1) is 0 Å². The molecule has 0 saturated carbocycles. The number of hydrogen-bond donors (Lipinski definition) is 8. The van der Waals surface area contributed by atoms with Crippen LogP contribution in [0, 0.1) is 0 Å². The second-order valence-corrected chi connectivity index (χ2v) is 19.0. The summed E-state index contributed by atoms with van der Waals surface area (Å²) in [7, 11) is 3.16. The van der Waals surface area contributed by atoms with Crippen LogP contribution in [-0.4, -0.2) is 153 Å². The third kappa shape index (κ3) is 13.9. The van der Waals surface area contributed by atoms with Gasteiger partial charge in [0.25, 0.3) is 23.6 Å². The third-order valence-electron chi connectivity index (χ3n) is 13.4. The number of ether oxygens (including phenoxy) is 5. The van der Waals surface area contributed by atoms with Crippen LogP contribution in [0.3, 0.4) is 0 Å². The number of aromatic nitrogens is 1. The van der Waals surface area contributed by atoms with E-state index in [1.54, 1.807) is 54.2 Å². The number of rotatable bonds is 22. The summed E-state index contributed by atoms with van der Waals surface area (Å²) in [6, 6.07) is 15.4. The Kier molecular flexibility index (Phi) is 18.5. The van der Waals surface area contributed by atoms with Crippen molar-refractivity contribution in [3.05, 3.63) is 95.8 Å². The number of amides is 7. The maximum absolute atomic E-state index is 13.3. The van der Waals surface area contributed by atoms with E-state index in [0.717, 1.165) is 24.2 Å². The van der Waals surface area contributed by atoms with E-state index in [0.29, 0.717) is 77.6 Å². The Morgan fingerprint density at radius 2 is 1.50 bits per heavy atom. The molecule has 4 aromatic rings. The normalized spacial score (nSPS) is 20.6. The monoisotopic (exact) mass is 1080 g/mol. The molecule has 3 aromatic carbocycles. The van der Waals surface area contributed by atoms with Crippen molar-refractivity contribution in [1.29, 1.82) is 0 Å². The number of aryl methyl sites for hydroxylation is 1. The molecule has 78 heavy (non-hydrogen) atoms.